The van der Waals surface area contributed by atoms with E-state index in [0.29, 0.717) is 6.54 Å². The van der Waals surface area contributed by atoms with Crippen LogP contribution in [0.1, 0.15) is 6.92 Å². The lowest BCUT2D eigenvalue weighted by atomic mass is 10.7. The minimum Gasteiger partial charge on any atom is -0.275 e. The number of carbonyl (C=O) groups excluding carboxylic acids is 1. The molecule has 0 aliphatic rings. The van der Waals surface area contributed by atoms with Crippen LogP contribution in [0.2, 0.25) is 0 Å². The van der Waals surface area contributed by atoms with Crippen molar-refractivity contribution in [3.8, 4) is 0 Å². The number of rotatable bonds is 1. The van der Waals surface area contributed by atoms with Crippen LogP contribution in [0.5, 0.6) is 0 Å². The van der Waals surface area contributed by atoms with Crippen molar-refractivity contribution in [2.24, 2.45) is 11.7 Å². The van der Waals surface area contributed by atoms with Crippen LogP contribution >= 0.6 is 0 Å². The average molecular weight is 199 g/mol. The predicted octanol–water partition coefficient (Wildman–Crippen LogP) is -1.36. The summed E-state index contributed by atoms with van der Waals surface area (Å²) in [5.41, 5.74) is 1.88. The van der Waals surface area contributed by atoms with E-state index in [1.54, 1.807) is 6.92 Å². The molecule has 0 unspecified atom stereocenters. The molecule has 1 heterocycles. The molecule has 1 rings (SSSR count). The third-order valence-corrected chi connectivity index (χ3v) is 1.13. The highest BCUT2D eigenvalue weighted by Crippen LogP contribution is 1.72. The molecule has 78 valence electrons. The lowest BCUT2D eigenvalue weighted by Gasteiger charge is -2.11. The number of aromatic nitrogens is 3. The second kappa shape index (κ2) is 7.83. The molecule has 8 nitrogen and oxygen atoms in total. The highest BCUT2D eigenvalue weighted by atomic mass is 16.2. The number of amides is 2. The Balaban J connectivity index is 0.000000249. The van der Waals surface area contributed by atoms with Crippen molar-refractivity contribution in [1.29, 1.82) is 0 Å². The summed E-state index contributed by atoms with van der Waals surface area (Å²) in [4.78, 5) is 21.0. The first-order valence-corrected chi connectivity index (χ1v) is 3.80. The Morgan fingerprint density at radius 2 is 1.79 bits per heavy atom. The van der Waals surface area contributed by atoms with Crippen molar-refractivity contribution in [2.45, 2.75) is 6.92 Å². The molecule has 0 aromatic carbocycles. The van der Waals surface area contributed by atoms with Crippen LogP contribution in [0.4, 0.5) is 4.79 Å². The van der Waals surface area contributed by atoms with Crippen LogP contribution in [-0.2, 0) is 0 Å². The summed E-state index contributed by atoms with van der Waals surface area (Å²) in [6.45, 7) is 2.19. The topological polar surface area (TPSA) is 123 Å². The summed E-state index contributed by atoms with van der Waals surface area (Å²) in [6.07, 6.45) is 4.31. The summed E-state index contributed by atoms with van der Waals surface area (Å²) in [5.74, 6) is 9.80. The highest BCUT2D eigenvalue weighted by molar-refractivity contribution is 5.72. The van der Waals surface area contributed by atoms with Crippen molar-refractivity contribution in [2.75, 3.05) is 6.54 Å². The maximum Gasteiger partial charge on any atom is 0.345 e. The van der Waals surface area contributed by atoms with Gasteiger partial charge in [-0.25, -0.2) is 31.4 Å². The van der Waals surface area contributed by atoms with Gasteiger partial charge in [0.25, 0.3) is 0 Å². The van der Waals surface area contributed by atoms with E-state index in [4.69, 9.17) is 11.7 Å². The van der Waals surface area contributed by atoms with Crippen molar-refractivity contribution >= 4 is 6.03 Å². The molecule has 0 bridgehead atoms. The summed E-state index contributed by atoms with van der Waals surface area (Å²) >= 11 is 0. The standard InChI is InChI=1S/C3H10N4O.C3H3N3/c1-2-7(5)3(8)6-4;1-4-2-6-3-5-1/h2,4-5H2,1H3,(H,6,8);1-3H. The molecule has 5 N–H and O–H groups in total. The molecule has 0 spiro atoms. The lowest BCUT2D eigenvalue weighted by Crippen LogP contribution is -2.47. The largest absolute Gasteiger partial charge is 0.345 e. The van der Waals surface area contributed by atoms with Gasteiger partial charge < -0.3 is 0 Å². The molecule has 0 saturated carbocycles. The van der Waals surface area contributed by atoms with Crippen LogP contribution in [-0.4, -0.2) is 32.5 Å². The molecular formula is C6H13N7O. The Bertz CT molecular complexity index is 214. The van der Waals surface area contributed by atoms with Gasteiger partial charge in [0.05, 0.1) is 0 Å². The zero-order valence-electron chi connectivity index (χ0n) is 7.79. The monoisotopic (exact) mass is 199 g/mol. The SMILES string of the molecule is CCN(N)C(=O)NN.c1ncncn1. The van der Waals surface area contributed by atoms with E-state index in [0.717, 1.165) is 5.01 Å². The van der Waals surface area contributed by atoms with Crippen molar-refractivity contribution < 1.29 is 4.79 Å². The van der Waals surface area contributed by atoms with Gasteiger partial charge in [-0.3, -0.25) is 10.4 Å². The van der Waals surface area contributed by atoms with Crippen LogP contribution in [0.15, 0.2) is 19.0 Å². The summed E-state index contributed by atoms with van der Waals surface area (Å²) in [6, 6.07) is -0.479. The molecule has 0 radical (unpaired) electrons. The Morgan fingerprint density at radius 3 is 1.93 bits per heavy atom. The first-order chi connectivity index (χ1) is 6.72. The number of nitrogens with two attached hydrogens (primary N) is 2. The number of nitrogens with zero attached hydrogens (tertiary/aromatic N) is 4. The Kier molecular flexibility index (Phi) is 6.82. The maximum atomic E-state index is 10.3. The van der Waals surface area contributed by atoms with Gasteiger partial charge in [0.15, 0.2) is 0 Å². The van der Waals surface area contributed by atoms with Crippen LogP contribution in [0.3, 0.4) is 0 Å². The van der Waals surface area contributed by atoms with E-state index in [1.807, 2.05) is 5.43 Å². The van der Waals surface area contributed by atoms with Gasteiger partial charge in [0.1, 0.15) is 19.0 Å². The van der Waals surface area contributed by atoms with Gasteiger partial charge in [-0.2, -0.15) is 0 Å². The van der Waals surface area contributed by atoms with Gasteiger partial charge in [-0.1, -0.05) is 0 Å². The number of urea groups is 1. The number of nitrogens with one attached hydrogen (secondary N) is 1. The Hall–Kier alpha value is -1.80. The smallest absolute Gasteiger partial charge is 0.275 e. The summed E-state index contributed by atoms with van der Waals surface area (Å²) in [7, 11) is 0. The molecule has 0 fully saturated rings. The van der Waals surface area contributed by atoms with E-state index >= 15 is 0 Å². The van der Waals surface area contributed by atoms with Crippen molar-refractivity contribution in [1.82, 2.24) is 25.4 Å². The zero-order chi connectivity index (χ0) is 10.8. The normalized spacial score (nSPS) is 8.21. The zero-order valence-corrected chi connectivity index (χ0v) is 7.79. The molecule has 0 saturated heterocycles. The van der Waals surface area contributed by atoms with E-state index < -0.39 is 6.03 Å². The molecular weight excluding hydrogens is 186 g/mol. The molecule has 1 aromatic rings. The van der Waals surface area contributed by atoms with Gasteiger partial charge in [-0.05, 0) is 6.92 Å². The predicted molar refractivity (Wildman–Crippen MR) is 49.1 cm³/mol. The molecule has 2 amide bonds. The van der Waals surface area contributed by atoms with E-state index in [1.165, 1.54) is 19.0 Å². The number of hydrazine groups is 2. The third-order valence-electron chi connectivity index (χ3n) is 1.13. The second-order valence-corrected chi connectivity index (χ2v) is 2.03. The molecule has 8 heteroatoms. The second-order valence-electron chi connectivity index (χ2n) is 2.03. The molecule has 0 aliphatic carbocycles. The summed E-state index contributed by atoms with van der Waals surface area (Å²) < 4.78 is 0. The first-order valence-electron chi connectivity index (χ1n) is 3.80. The van der Waals surface area contributed by atoms with Gasteiger partial charge in [0.2, 0.25) is 0 Å². The molecule has 14 heavy (non-hydrogen) atoms. The minimum absolute atomic E-state index is 0.447. The molecule has 0 aliphatic heterocycles. The first kappa shape index (κ1) is 12.2. The van der Waals surface area contributed by atoms with Crippen LogP contribution in [0.25, 0.3) is 0 Å². The minimum atomic E-state index is -0.479. The summed E-state index contributed by atoms with van der Waals surface area (Å²) in [5, 5.41) is 0.972. The van der Waals surface area contributed by atoms with E-state index in [9.17, 15) is 4.79 Å². The molecule has 1 aromatic heterocycles. The molecule has 0 atom stereocenters. The number of carbonyl (C=O) groups is 1. The van der Waals surface area contributed by atoms with Gasteiger partial charge in [-0.15, -0.1) is 0 Å². The van der Waals surface area contributed by atoms with Crippen LogP contribution in [0, 0.1) is 0 Å². The van der Waals surface area contributed by atoms with Gasteiger partial charge in [0, 0.05) is 6.54 Å². The van der Waals surface area contributed by atoms with E-state index in [-0.39, 0.29) is 0 Å². The Morgan fingerprint density at radius 1 is 1.36 bits per heavy atom. The van der Waals surface area contributed by atoms with E-state index in [2.05, 4.69) is 15.0 Å². The highest BCUT2D eigenvalue weighted by Gasteiger charge is 2.00. The third kappa shape index (κ3) is 5.80. The number of hydrogen-bond donors (Lipinski definition) is 3. The fourth-order valence-corrected chi connectivity index (χ4v) is 0.431. The Labute approximate surface area is 81.3 Å². The van der Waals surface area contributed by atoms with Crippen LogP contribution < -0.4 is 17.1 Å². The van der Waals surface area contributed by atoms with Gasteiger partial charge >= 0.3 is 6.03 Å². The fourth-order valence-electron chi connectivity index (χ4n) is 0.431. The average Bonchev–Trinajstić information content (AvgIpc) is 2.30. The maximum absolute atomic E-state index is 10.3. The fraction of sp³-hybridized carbons (Fsp3) is 0.333. The quantitative estimate of drug-likeness (QED) is 0.291. The lowest BCUT2D eigenvalue weighted by molar-refractivity contribution is 0.202. The number of hydrogen-bond acceptors (Lipinski definition) is 6. The van der Waals surface area contributed by atoms with Crippen molar-refractivity contribution in [3.63, 3.8) is 0 Å². The van der Waals surface area contributed by atoms with Crippen molar-refractivity contribution in [3.05, 3.63) is 19.0 Å².